The summed E-state index contributed by atoms with van der Waals surface area (Å²) in [5.74, 6) is 0.545. The van der Waals surface area contributed by atoms with Gasteiger partial charge in [0.1, 0.15) is 0 Å². The Morgan fingerprint density at radius 2 is 1.76 bits per heavy atom. The fraction of sp³-hybridized carbons (Fsp3) is 0.688. The number of esters is 1. The van der Waals surface area contributed by atoms with Crippen LogP contribution < -0.4 is 0 Å². The van der Waals surface area contributed by atoms with Crippen molar-refractivity contribution < 1.29 is 18.8 Å². The minimum atomic E-state index is -1.77. The molecule has 0 unspecified atom stereocenters. The lowest BCUT2D eigenvalue weighted by atomic mass is 10.0. The fourth-order valence-electron chi connectivity index (χ4n) is 4.51. The number of ether oxygens (including phenoxy) is 1. The van der Waals surface area contributed by atoms with Gasteiger partial charge < -0.3 is 9.16 Å². The van der Waals surface area contributed by atoms with Crippen molar-refractivity contribution in [2.75, 3.05) is 32.1 Å². The summed E-state index contributed by atoms with van der Waals surface area (Å²) >= 11 is 3.17. The summed E-state index contributed by atoms with van der Waals surface area (Å²) in [4.78, 5) is 22.8. The van der Waals surface area contributed by atoms with Crippen molar-refractivity contribution in [2.24, 2.45) is 0 Å². The van der Waals surface area contributed by atoms with Crippen molar-refractivity contribution >= 4 is 37.4 Å². The Labute approximate surface area is 258 Å². The van der Waals surface area contributed by atoms with Crippen LogP contribution >= 0.6 is 23.1 Å². The number of thiazole rings is 1. The average molecular weight is 621 g/mol. The highest BCUT2D eigenvalue weighted by Gasteiger charge is 2.38. The van der Waals surface area contributed by atoms with E-state index < -0.39 is 8.32 Å². The molecule has 0 spiro atoms. The van der Waals surface area contributed by atoms with E-state index in [0.29, 0.717) is 18.3 Å². The van der Waals surface area contributed by atoms with Gasteiger partial charge in [0.2, 0.25) is 0 Å². The van der Waals surface area contributed by atoms with Crippen molar-refractivity contribution in [1.82, 2.24) is 10.0 Å². The molecule has 2 aromatic rings. The van der Waals surface area contributed by atoms with Gasteiger partial charge in [-0.3, -0.25) is 4.84 Å². The first-order chi connectivity index (χ1) is 19.7. The topological polar surface area (TPSA) is 60.9 Å². The van der Waals surface area contributed by atoms with Gasteiger partial charge in [0.05, 0.1) is 25.9 Å². The third-order valence-corrected chi connectivity index (χ3v) is 14.7. The lowest BCUT2D eigenvalue weighted by Gasteiger charge is -2.37. The zero-order valence-electron chi connectivity index (χ0n) is 26.0. The molecule has 3 rings (SSSR count). The number of hydrogen-bond acceptors (Lipinski definition) is 8. The molecule has 6 nitrogen and oxygen atoms in total. The van der Waals surface area contributed by atoms with Gasteiger partial charge in [-0.15, -0.1) is 11.3 Å². The number of thioether (sulfide) groups is 1. The Morgan fingerprint density at radius 3 is 2.46 bits per heavy atom. The van der Waals surface area contributed by atoms with Crippen LogP contribution in [0, 0.1) is 0 Å². The van der Waals surface area contributed by atoms with E-state index in [1.807, 2.05) is 5.38 Å². The lowest BCUT2D eigenvalue weighted by molar-refractivity contribution is -0.132. The predicted molar refractivity (Wildman–Crippen MR) is 174 cm³/mol. The van der Waals surface area contributed by atoms with Crippen LogP contribution in [0.3, 0.4) is 0 Å². The van der Waals surface area contributed by atoms with Gasteiger partial charge in [-0.25, -0.2) is 9.78 Å². The van der Waals surface area contributed by atoms with Crippen LogP contribution in [0.5, 0.6) is 0 Å². The van der Waals surface area contributed by atoms with Gasteiger partial charge in [-0.2, -0.15) is 5.06 Å². The number of benzene rings is 1. The van der Waals surface area contributed by atoms with Crippen molar-refractivity contribution in [3.05, 3.63) is 47.0 Å². The van der Waals surface area contributed by atoms with Crippen LogP contribution in [-0.4, -0.2) is 62.5 Å². The molecule has 0 bridgehead atoms. The van der Waals surface area contributed by atoms with E-state index in [9.17, 15) is 4.79 Å². The molecule has 0 saturated carbocycles. The maximum atomic E-state index is 12.4. The fourth-order valence-corrected chi connectivity index (χ4v) is 7.34. The Bertz CT molecular complexity index is 1010. The van der Waals surface area contributed by atoms with Gasteiger partial charge in [0.15, 0.2) is 18.4 Å². The largest absolute Gasteiger partial charge is 0.461 e. The van der Waals surface area contributed by atoms with E-state index >= 15 is 0 Å². The Balaban J connectivity index is 1.20. The second-order valence-corrected chi connectivity index (χ2v) is 19.5. The molecule has 1 aromatic heterocycles. The summed E-state index contributed by atoms with van der Waals surface area (Å²) in [5.41, 5.74) is 1.87. The van der Waals surface area contributed by atoms with E-state index in [-0.39, 0.29) is 11.0 Å². The Morgan fingerprint density at radius 1 is 1.07 bits per heavy atom. The van der Waals surface area contributed by atoms with Gasteiger partial charge in [0.25, 0.3) is 0 Å². The van der Waals surface area contributed by atoms with Gasteiger partial charge in [0, 0.05) is 17.7 Å². The monoisotopic (exact) mass is 620 g/mol. The highest BCUT2D eigenvalue weighted by Crippen LogP contribution is 2.37. The number of carbonyl (C=O) groups excluding carboxylic acids is 1. The Hall–Kier alpha value is -1.23. The van der Waals surface area contributed by atoms with E-state index in [1.165, 1.54) is 61.8 Å². The molecular formula is C32H52N2O4S2Si. The van der Waals surface area contributed by atoms with Crippen LogP contribution in [0.15, 0.2) is 40.1 Å². The number of hydroxylamine groups is 2. The van der Waals surface area contributed by atoms with Crippen molar-refractivity contribution in [2.45, 2.75) is 113 Å². The quantitative estimate of drug-likeness (QED) is 0.0673. The summed E-state index contributed by atoms with van der Waals surface area (Å²) in [6.07, 6.45) is 11.9. The van der Waals surface area contributed by atoms with Gasteiger partial charge in [-0.05, 0) is 49.4 Å². The molecule has 230 valence electrons. The molecule has 41 heavy (non-hydrogen) atoms. The number of nitrogens with zero attached hydrogens (tertiary/aromatic N) is 2. The molecule has 9 heteroatoms. The zero-order valence-corrected chi connectivity index (χ0v) is 28.6. The van der Waals surface area contributed by atoms with Crippen molar-refractivity contribution in [3.8, 4) is 0 Å². The number of hydrogen-bond donors (Lipinski definition) is 0. The summed E-state index contributed by atoms with van der Waals surface area (Å²) in [5, 5.41) is 4.10. The van der Waals surface area contributed by atoms with E-state index in [1.54, 1.807) is 11.8 Å². The van der Waals surface area contributed by atoms with Crippen molar-refractivity contribution in [1.29, 1.82) is 0 Å². The van der Waals surface area contributed by atoms with E-state index in [4.69, 9.17) is 14.0 Å². The SMILES string of the molecule is CC(C)(C)[Si](C)(C)OC[C@H]1CCON1CCSc1nc(C(=O)OCCCCCCCCCCc2ccccc2)cs1. The van der Waals surface area contributed by atoms with Crippen LogP contribution in [0.25, 0.3) is 0 Å². The van der Waals surface area contributed by atoms with Crippen LogP contribution in [0.2, 0.25) is 18.1 Å². The molecule has 0 amide bonds. The first-order valence-electron chi connectivity index (χ1n) is 15.5. The maximum absolute atomic E-state index is 12.4. The molecule has 1 aliphatic rings. The van der Waals surface area contributed by atoms with Crippen LogP contribution in [0.1, 0.15) is 94.6 Å². The highest BCUT2D eigenvalue weighted by atomic mass is 32.2. The first kappa shape index (κ1) is 34.3. The summed E-state index contributed by atoms with van der Waals surface area (Å²) in [6.45, 7) is 14.2. The molecule has 0 N–H and O–H groups in total. The summed E-state index contributed by atoms with van der Waals surface area (Å²) in [6, 6.07) is 11.1. The molecule has 0 aliphatic carbocycles. The first-order valence-corrected chi connectivity index (χ1v) is 20.3. The maximum Gasteiger partial charge on any atom is 0.357 e. The predicted octanol–water partition coefficient (Wildman–Crippen LogP) is 8.78. The molecule has 1 atom stereocenters. The normalized spacial score (nSPS) is 16.4. The Kier molecular flexibility index (Phi) is 14.9. The average Bonchev–Trinajstić information content (AvgIpc) is 3.60. The molecule has 2 heterocycles. The second kappa shape index (κ2) is 17.8. The molecule has 1 fully saturated rings. The summed E-state index contributed by atoms with van der Waals surface area (Å²) in [7, 11) is -1.77. The third-order valence-electron chi connectivity index (χ3n) is 8.22. The molecular weight excluding hydrogens is 569 g/mol. The van der Waals surface area contributed by atoms with Crippen molar-refractivity contribution in [3.63, 3.8) is 0 Å². The minimum absolute atomic E-state index is 0.208. The lowest BCUT2D eigenvalue weighted by Crippen LogP contribution is -2.44. The smallest absolute Gasteiger partial charge is 0.357 e. The number of aryl methyl sites for hydroxylation is 1. The number of rotatable bonds is 19. The molecule has 0 radical (unpaired) electrons. The highest BCUT2D eigenvalue weighted by molar-refractivity contribution is 8.01. The molecule has 1 saturated heterocycles. The summed E-state index contributed by atoms with van der Waals surface area (Å²) < 4.78 is 12.8. The second-order valence-electron chi connectivity index (χ2n) is 12.5. The molecule has 1 aliphatic heterocycles. The van der Waals surface area contributed by atoms with Crippen LogP contribution in [-0.2, 0) is 20.4 Å². The van der Waals surface area contributed by atoms with Gasteiger partial charge in [-0.1, -0.05) is 101 Å². The number of aromatic nitrogens is 1. The zero-order chi connectivity index (χ0) is 29.6. The minimum Gasteiger partial charge on any atom is -0.461 e. The van der Waals surface area contributed by atoms with E-state index in [0.717, 1.165) is 49.1 Å². The van der Waals surface area contributed by atoms with Crippen LogP contribution in [0.4, 0.5) is 0 Å². The van der Waals surface area contributed by atoms with E-state index in [2.05, 4.69) is 74.2 Å². The standard InChI is InChI=1S/C32H52N2O4S2Si/c1-32(2,3)41(4,5)38-25-28-20-23-37-34(28)21-24-39-31-33-29(26-40-31)30(35)36-22-16-11-9-7-6-8-10-13-17-27-18-14-12-15-19-27/h12,14-15,18-19,26,28H,6-11,13,16-17,20-25H2,1-5H3/t28-/m1/s1. The molecule has 1 aromatic carbocycles. The number of unbranched alkanes of at least 4 members (excludes halogenated alkanes) is 7. The van der Waals surface area contributed by atoms with Gasteiger partial charge >= 0.3 is 5.97 Å². The number of carbonyl (C=O) groups is 1. The third kappa shape index (κ3) is 12.5.